The van der Waals surface area contributed by atoms with Gasteiger partial charge in [-0.3, -0.25) is 0 Å². The Bertz CT molecular complexity index is 2780. The van der Waals surface area contributed by atoms with Crippen molar-refractivity contribution in [3.63, 3.8) is 0 Å². The zero-order valence-corrected chi connectivity index (χ0v) is 40.3. The van der Waals surface area contributed by atoms with E-state index in [-0.39, 0.29) is 21.7 Å². The zero-order valence-electron chi connectivity index (χ0n) is 38.5. The van der Waals surface area contributed by atoms with Gasteiger partial charge in [0.15, 0.2) is 0 Å². The fourth-order valence-corrected chi connectivity index (χ4v) is 9.69. The average molecular weight is 867 g/mol. The van der Waals surface area contributed by atoms with Crippen molar-refractivity contribution in [3.8, 4) is 28.7 Å². The fourth-order valence-electron chi connectivity index (χ4n) is 7.50. The predicted octanol–water partition coefficient (Wildman–Crippen LogP) is 16.1. The molecule has 0 saturated heterocycles. The highest BCUT2D eigenvalue weighted by Gasteiger charge is 2.28. The molecular formula is C50H60O9P2. The molecule has 1 atom stereocenters. The van der Waals surface area contributed by atoms with Gasteiger partial charge >= 0.3 is 16.5 Å². The first kappa shape index (κ1) is 44.0. The summed E-state index contributed by atoms with van der Waals surface area (Å²) in [6, 6.07) is 23.8. The van der Waals surface area contributed by atoms with Crippen molar-refractivity contribution in [3.05, 3.63) is 101 Å². The van der Waals surface area contributed by atoms with Gasteiger partial charge in [0.25, 0.3) is 0 Å². The predicted molar refractivity (Wildman–Crippen MR) is 250 cm³/mol. The van der Waals surface area contributed by atoms with Crippen LogP contribution in [-0.2, 0) is 21.7 Å². The number of rotatable bonds is 7. The molecule has 0 aliphatic rings. The fraction of sp³-hybridized carbons (Fsp3) is 0.400. The van der Waals surface area contributed by atoms with Gasteiger partial charge in [0.2, 0.25) is 0 Å². The molecule has 7 aromatic rings. The van der Waals surface area contributed by atoms with Crippen LogP contribution in [0.5, 0.6) is 28.7 Å². The van der Waals surface area contributed by atoms with Crippen LogP contribution in [0.15, 0.2) is 89.6 Å². The molecule has 61 heavy (non-hydrogen) atoms. The first-order valence-electron chi connectivity index (χ1n) is 20.6. The highest BCUT2D eigenvalue weighted by Crippen LogP contribution is 2.48. The van der Waals surface area contributed by atoms with Gasteiger partial charge in [0, 0.05) is 43.8 Å². The Labute approximate surface area is 361 Å². The molecule has 11 heteroatoms. The van der Waals surface area contributed by atoms with Crippen molar-refractivity contribution in [2.45, 2.75) is 112 Å². The van der Waals surface area contributed by atoms with E-state index in [1.54, 1.807) is 21.3 Å². The topological polar surface area (TPSA) is 98.7 Å². The Hall–Kier alpha value is -5.10. The normalized spacial score (nSPS) is 12.9. The van der Waals surface area contributed by atoms with Gasteiger partial charge in [-0.2, -0.15) is 0 Å². The summed E-state index contributed by atoms with van der Waals surface area (Å²) < 4.78 is 58.0. The Kier molecular flexibility index (Phi) is 11.5. The van der Waals surface area contributed by atoms with E-state index >= 15 is 0 Å². The minimum atomic E-state index is -2.00. The molecule has 2 heterocycles. The maximum Gasteiger partial charge on any atom is 0.453 e. The lowest BCUT2D eigenvalue weighted by Crippen LogP contribution is -2.12. The van der Waals surface area contributed by atoms with Gasteiger partial charge in [-0.05, 0) is 101 Å². The quantitative estimate of drug-likeness (QED) is 0.155. The summed E-state index contributed by atoms with van der Waals surface area (Å²) in [6.45, 7) is 28.1. The molecule has 0 aliphatic heterocycles. The minimum absolute atomic E-state index is 0.225. The van der Waals surface area contributed by atoms with Crippen LogP contribution in [0.25, 0.3) is 43.9 Å². The van der Waals surface area contributed by atoms with Crippen molar-refractivity contribution in [2.24, 2.45) is 0 Å². The molecule has 5 aromatic carbocycles. The standard InChI is InChI=1S/C50H60O9P2/c1-29-21-35-36-23-32(51-14)26-40(48(5,6)7)44(36)57-60(56-43(35)39(22-29)47(2,3)4)54-30-17-19-31(20-18-30)55-61-58-45-37(24-33(52-15)27-41(45)49(8,9)10)38-25-34(53-16)28-42(46(38)59-61)50(11,12)13/h17-28H,1-16H3. The number of aryl methyl sites for hydroxylation is 1. The van der Waals surface area contributed by atoms with Crippen LogP contribution in [0, 0.1) is 6.92 Å². The van der Waals surface area contributed by atoms with E-state index in [4.69, 9.17) is 40.0 Å². The lowest BCUT2D eigenvalue weighted by Gasteiger charge is -2.21. The number of hydrogen-bond acceptors (Lipinski definition) is 9. The van der Waals surface area contributed by atoms with Crippen molar-refractivity contribution >= 4 is 60.4 Å². The van der Waals surface area contributed by atoms with Gasteiger partial charge < -0.3 is 40.0 Å². The monoisotopic (exact) mass is 866 g/mol. The minimum Gasteiger partial charge on any atom is -0.497 e. The molecule has 0 amide bonds. The largest absolute Gasteiger partial charge is 0.497 e. The number of fused-ring (bicyclic) bond motifs is 6. The summed E-state index contributed by atoms with van der Waals surface area (Å²) in [5.41, 5.74) is 6.81. The third-order valence-electron chi connectivity index (χ3n) is 10.8. The summed E-state index contributed by atoms with van der Waals surface area (Å²) >= 11 is 0. The van der Waals surface area contributed by atoms with Gasteiger partial charge in [0.1, 0.15) is 51.1 Å². The molecule has 0 aliphatic carbocycles. The van der Waals surface area contributed by atoms with Crippen LogP contribution in [0.1, 0.15) is 111 Å². The van der Waals surface area contributed by atoms with Crippen molar-refractivity contribution < 1.29 is 40.0 Å². The van der Waals surface area contributed by atoms with E-state index in [0.29, 0.717) is 28.2 Å². The van der Waals surface area contributed by atoms with Crippen LogP contribution >= 0.6 is 16.5 Å². The van der Waals surface area contributed by atoms with E-state index in [0.717, 1.165) is 72.2 Å². The SMILES string of the molecule is COc1cc(C(C)(C)C)c2op(Oc3ccc(Op4oc5c(C(C)(C)C)cc(OC)cc5c5cc(OC)cc(C(C)(C)C)c5o4)cc3)oc3c(C(C)(C)C)cc(C)cc3c2c1. The van der Waals surface area contributed by atoms with Crippen LogP contribution in [0.3, 0.4) is 0 Å². The third kappa shape index (κ3) is 8.97. The van der Waals surface area contributed by atoms with Crippen LogP contribution in [0.4, 0.5) is 0 Å². The lowest BCUT2D eigenvalue weighted by molar-refractivity contribution is 0.413. The van der Waals surface area contributed by atoms with Crippen LogP contribution < -0.4 is 23.3 Å². The Morgan fingerprint density at radius 1 is 0.361 bits per heavy atom. The molecule has 0 fully saturated rings. The van der Waals surface area contributed by atoms with Gasteiger partial charge in [0.05, 0.1) is 21.3 Å². The Morgan fingerprint density at radius 2 is 0.623 bits per heavy atom. The second kappa shape index (κ2) is 16.0. The highest BCUT2D eigenvalue weighted by atomic mass is 31.1. The molecular weight excluding hydrogens is 806 g/mol. The molecule has 324 valence electrons. The summed E-state index contributed by atoms with van der Waals surface area (Å²) in [5, 5.41) is 3.53. The number of hydrogen-bond donors (Lipinski definition) is 0. The first-order valence-corrected chi connectivity index (χ1v) is 22.8. The molecule has 0 N–H and O–H groups in total. The molecule has 2 aromatic heterocycles. The molecule has 9 nitrogen and oxygen atoms in total. The molecule has 0 bridgehead atoms. The smallest absolute Gasteiger partial charge is 0.453 e. The van der Waals surface area contributed by atoms with Gasteiger partial charge in [-0.15, -0.1) is 0 Å². The highest BCUT2D eigenvalue weighted by molar-refractivity contribution is 7.32. The number of methoxy groups -OCH3 is 3. The van der Waals surface area contributed by atoms with E-state index in [2.05, 4.69) is 102 Å². The number of benzene rings is 5. The van der Waals surface area contributed by atoms with E-state index in [9.17, 15) is 0 Å². The molecule has 0 spiro atoms. The van der Waals surface area contributed by atoms with Crippen molar-refractivity contribution in [1.82, 2.24) is 0 Å². The lowest BCUT2D eigenvalue weighted by atomic mass is 9.83. The second-order valence-corrected chi connectivity index (χ2v) is 21.8. The molecule has 7 rings (SSSR count). The third-order valence-corrected chi connectivity index (χ3v) is 12.8. The van der Waals surface area contributed by atoms with Gasteiger partial charge in [-0.1, -0.05) is 89.2 Å². The van der Waals surface area contributed by atoms with Crippen molar-refractivity contribution in [2.75, 3.05) is 21.3 Å². The Morgan fingerprint density at radius 3 is 0.885 bits per heavy atom. The molecule has 0 saturated carbocycles. The summed E-state index contributed by atoms with van der Waals surface area (Å²) in [6.07, 6.45) is 0. The van der Waals surface area contributed by atoms with E-state index < -0.39 is 16.5 Å². The van der Waals surface area contributed by atoms with Crippen molar-refractivity contribution in [1.29, 1.82) is 0 Å². The molecule has 0 radical (unpaired) electrons. The van der Waals surface area contributed by atoms with Gasteiger partial charge in [-0.25, -0.2) is 0 Å². The summed E-state index contributed by atoms with van der Waals surface area (Å²) in [7, 11) is 1.07. The van der Waals surface area contributed by atoms with Crippen LogP contribution in [0.2, 0.25) is 0 Å². The molecule has 1 unspecified atom stereocenters. The second-order valence-electron chi connectivity index (χ2n) is 19.8. The number of ether oxygens (including phenoxy) is 3. The van der Waals surface area contributed by atoms with E-state index in [1.807, 2.05) is 60.7 Å². The maximum absolute atomic E-state index is 6.83. The average Bonchev–Trinajstić information content (AvgIpc) is 3.42. The summed E-state index contributed by atoms with van der Waals surface area (Å²) in [5.74, 6) is 3.28. The maximum atomic E-state index is 6.83. The summed E-state index contributed by atoms with van der Waals surface area (Å²) in [4.78, 5) is 0. The van der Waals surface area contributed by atoms with Crippen LogP contribution in [-0.4, -0.2) is 21.3 Å². The zero-order chi connectivity index (χ0) is 44.4. The Balaban J connectivity index is 1.39. The first-order chi connectivity index (χ1) is 28.5. The van der Waals surface area contributed by atoms with E-state index in [1.165, 1.54) is 0 Å².